The molecule has 7 heteroatoms. The first-order valence-corrected chi connectivity index (χ1v) is 10.7. The predicted octanol–water partition coefficient (Wildman–Crippen LogP) is 4.59. The van der Waals surface area contributed by atoms with Gasteiger partial charge in [-0.25, -0.2) is 0 Å². The number of methoxy groups -OCH3 is 4. The first-order chi connectivity index (χ1) is 15.4. The van der Waals surface area contributed by atoms with E-state index in [1.54, 1.807) is 31.2 Å². The fourth-order valence-corrected chi connectivity index (χ4v) is 4.01. The van der Waals surface area contributed by atoms with Crippen molar-refractivity contribution < 1.29 is 33.6 Å². The molecule has 0 radical (unpaired) electrons. The highest BCUT2D eigenvalue weighted by molar-refractivity contribution is 6.24. The predicted molar refractivity (Wildman–Crippen MR) is 126 cm³/mol. The molecule has 2 aromatic carbocycles. The number of aliphatic hydroxyl groups is 1. The van der Waals surface area contributed by atoms with Gasteiger partial charge in [0.25, 0.3) is 0 Å². The van der Waals surface area contributed by atoms with E-state index in [9.17, 15) is 14.7 Å². The van der Waals surface area contributed by atoms with Crippen molar-refractivity contribution in [3.05, 3.63) is 47.5 Å². The maximum absolute atomic E-state index is 13.9. The fourth-order valence-electron chi connectivity index (χ4n) is 4.01. The minimum Gasteiger partial charge on any atom is -0.497 e. The summed E-state index contributed by atoms with van der Waals surface area (Å²) in [4.78, 5) is 27.9. The largest absolute Gasteiger partial charge is 0.497 e. The highest BCUT2D eigenvalue weighted by Crippen LogP contribution is 2.39. The van der Waals surface area contributed by atoms with Crippen molar-refractivity contribution in [3.8, 4) is 23.0 Å². The van der Waals surface area contributed by atoms with Gasteiger partial charge >= 0.3 is 0 Å². The molecule has 0 fully saturated rings. The Morgan fingerprint density at radius 1 is 0.788 bits per heavy atom. The van der Waals surface area contributed by atoms with Gasteiger partial charge in [-0.15, -0.1) is 0 Å². The van der Waals surface area contributed by atoms with Crippen LogP contribution in [0.4, 0.5) is 0 Å². The van der Waals surface area contributed by atoms with E-state index in [0.717, 1.165) is 0 Å². The third-order valence-electron chi connectivity index (χ3n) is 5.63. The molecule has 0 aliphatic rings. The molecule has 1 N–H and O–H groups in total. The van der Waals surface area contributed by atoms with Crippen LogP contribution in [0.3, 0.4) is 0 Å². The quantitative estimate of drug-likeness (QED) is 0.411. The Bertz CT molecular complexity index is 937. The highest BCUT2D eigenvalue weighted by Gasteiger charge is 2.51. The molecule has 7 nitrogen and oxygen atoms in total. The number of ether oxygens (including phenoxy) is 4. The minimum absolute atomic E-state index is 0.0512. The molecule has 0 aliphatic carbocycles. The second kappa shape index (κ2) is 10.3. The fraction of sp³-hybridized carbons (Fsp3) is 0.462. The third kappa shape index (κ3) is 5.47. The number of ketones is 2. The summed E-state index contributed by atoms with van der Waals surface area (Å²) in [7, 11) is 5.78. The van der Waals surface area contributed by atoms with Crippen LogP contribution in [0.25, 0.3) is 0 Å². The Labute approximate surface area is 195 Å². The standard InChI is InChI=1S/C26H34O7/c1-16(15-25(2,3)4)26(29,23(27)19-13-17(30-5)9-11-21(19)32-7)24(28)20-14-18(31-6)10-12-22(20)33-8/h9-14,16,29H,15H2,1-8H3. The molecule has 0 saturated carbocycles. The van der Waals surface area contributed by atoms with Crippen LogP contribution in [-0.2, 0) is 0 Å². The number of hydrogen-bond acceptors (Lipinski definition) is 7. The van der Waals surface area contributed by atoms with Gasteiger partial charge in [-0.3, -0.25) is 9.59 Å². The number of rotatable bonds is 10. The molecule has 0 aromatic heterocycles. The van der Waals surface area contributed by atoms with Crippen LogP contribution in [0, 0.1) is 11.3 Å². The summed E-state index contributed by atoms with van der Waals surface area (Å²) in [5.41, 5.74) is -2.55. The molecule has 1 unspecified atom stereocenters. The van der Waals surface area contributed by atoms with E-state index in [1.165, 1.54) is 40.6 Å². The van der Waals surface area contributed by atoms with Gasteiger partial charge in [0.15, 0.2) is 5.60 Å². The molecule has 0 heterocycles. The second-order valence-corrected chi connectivity index (χ2v) is 9.22. The Kier molecular flexibility index (Phi) is 8.14. The minimum atomic E-state index is -2.40. The summed E-state index contributed by atoms with van der Waals surface area (Å²) in [5, 5.41) is 12.0. The van der Waals surface area contributed by atoms with Gasteiger partial charge in [0.2, 0.25) is 11.6 Å². The third-order valence-corrected chi connectivity index (χ3v) is 5.63. The number of hydrogen-bond donors (Lipinski definition) is 1. The highest BCUT2D eigenvalue weighted by atomic mass is 16.5. The molecule has 0 aliphatic heterocycles. The molecule has 2 aromatic rings. The van der Waals surface area contributed by atoms with Gasteiger partial charge in [0.05, 0.1) is 39.6 Å². The van der Waals surface area contributed by atoms with Crippen LogP contribution in [0.15, 0.2) is 36.4 Å². The lowest BCUT2D eigenvalue weighted by molar-refractivity contribution is 0.000333. The van der Waals surface area contributed by atoms with E-state index in [0.29, 0.717) is 17.9 Å². The van der Waals surface area contributed by atoms with Crippen molar-refractivity contribution in [2.24, 2.45) is 11.3 Å². The zero-order valence-electron chi connectivity index (χ0n) is 20.6. The monoisotopic (exact) mass is 458 g/mol. The zero-order valence-corrected chi connectivity index (χ0v) is 20.6. The Balaban J connectivity index is 2.76. The molecule has 0 amide bonds. The van der Waals surface area contributed by atoms with E-state index in [1.807, 2.05) is 20.8 Å². The summed E-state index contributed by atoms with van der Waals surface area (Å²) < 4.78 is 21.2. The van der Waals surface area contributed by atoms with Crippen molar-refractivity contribution in [1.82, 2.24) is 0 Å². The first kappa shape index (κ1) is 26.2. The lowest BCUT2D eigenvalue weighted by Gasteiger charge is -2.35. The number of carbonyl (C=O) groups excluding carboxylic acids is 2. The lowest BCUT2D eigenvalue weighted by Crippen LogP contribution is -2.53. The van der Waals surface area contributed by atoms with Crippen molar-refractivity contribution in [3.63, 3.8) is 0 Å². The van der Waals surface area contributed by atoms with Crippen LogP contribution in [0.5, 0.6) is 23.0 Å². The van der Waals surface area contributed by atoms with Crippen LogP contribution < -0.4 is 18.9 Å². The van der Waals surface area contributed by atoms with Gasteiger partial charge in [-0.2, -0.15) is 0 Å². The number of benzene rings is 2. The summed E-state index contributed by atoms with van der Waals surface area (Å²) in [6.45, 7) is 7.64. The van der Waals surface area contributed by atoms with Crippen LogP contribution >= 0.6 is 0 Å². The number of carbonyl (C=O) groups is 2. The Hall–Kier alpha value is -3.06. The van der Waals surface area contributed by atoms with Gasteiger partial charge in [-0.1, -0.05) is 27.7 Å². The van der Waals surface area contributed by atoms with Crippen LogP contribution in [0.2, 0.25) is 0 Å². The summed E-state index contributed by atoms with van der Waals surface area (Å²) in [6.07, 6.45) is 0.402. The van der Waals surface area contributed by atoms with E-state index in [4.69, 9.17) is 18.9 Å². The summed E-state index contributed by atoms with van der Waals surface area (Å²) in [5.74, 6) is -1.02. The molecule has 33 heavy (non-hydrogen) atoms. The Morgan fingerprint density at radius 3 is 1.48 bits per heavy atom. The molecule has 0 bridgehead atoms. The van der Waals surface area contributed by atoms with Gasteiger partial charge < -0.3 is 24.1 Å². The first-order valence-electron chi connectivity index (χ1n) is 10.7. The molecule has 0 spiro atoms. The van der Waals surface area contributed by atoms with Crippen molar-refractivity contribution in [2.45, 2.75) is 39.7 Å². The molecule has 2 rings (SSSR count). The molecule has 0 saturated heterocycles. The summed E-state index contributed by atoms with van der Waals surface area (Å²) in [6, 6.07) is 9.34. The van der Waals surface area contributed by atoms with Crippen molar-refractivity contribution in [1.29, 1.82) is 0 Å². The van der Waals surface area contributed by atoms with Crippen LogP contribution in [0.1, 0.15) is 54.8 Å². The maximum atomic E-state index is 13.9. The molecular formula is C26H34O7. The van der Waals surface area contributed by atoms with E-state index in [2.05, 4.69) is 0 Å². The van der Waals surface area contributed by atoms with E-state index in [-0.39, 0.29) is 28.0 Å². The van der Waals surface area contributed by atoms with Crippen molar-refractivity contribution in [2.75, 3.05) is 28.4 Å². The average molecular weight is 459 g/mol. The summed E-state index contributed by atoms with van der Waals surface area (Å²) >= 11 is 0. The van der Waals surface area contributed by atoms with E-state index >= 15 is 0 Å². The SMILES string of the molecule is COc1ccc(OC)c(C(=O)C(O)(C(=O)c2cc(OC)ccc2OC)C(C)CC(C)(C)C)c1. The average Bonchev–Trinajstić information content (AvgIpc) is 2.80. The lowest BCUT2D eigenvalue weighted by atomic mass is 9.70. The second-order valence-electron chi connectivity index (χ2n) is 9.22. The molecular weight excluding hydrogens is 424 g/mol. The van der Waals surface area contributed by atoms with Crippen molar-refractivity contribution >= 4 is 11.6 Å². The normalized spacial score (nSPS) is 12.6. The Morgan fingerprint density at radius 2 is 1.18 bits per heavy atom. The van der Waals surface area contributed by atoms with Gasteiger partial charge in [0.1, 0.15) is 23.0 Å². The molecule has 1 atom stereocenters. The number of Topliss-reactive ketones (excluding diaryl/α,β-unsaturated/α-hetero) is 2. The molecule has 180 valence electrons. The maximum Gasteiger partial charge on any atom is 0.206 e. The smallest absolute Gasteiger partial charge is 0.206 e. The van der Waals surface area contributed by atoms with Gasteiger partial charge in [0, 0.05) is 5.92 Å². The zero-order chi connectivity index (χ0) is 25.0. The van der Waals surface area contributed by atoms with E-state index < -0.39 is 23.1 Å². The topological polar surface area (TPSA) is 91.3 Å². The van der Waals surface area contributed by atoms with Crippen LogP contribution in [-0.4, -0.2) is 50.7 Å². The van der Waals surface area contributed by atoms with Gasteiger partial charge in [-0.05, 0) is 48.2 Å².